The van der Waals surface area contributed by atoms with Gasteiger partial charge in [0.15, 0.2) is 0 Å². The highest BCUT2D eigenvalue weighted by Gasteiger charge is 2.21. The van der Waals surface area contributed by atoms with E-state index in [1.54, 1.807) is 6.21 Å². The first-order valence-electron chi connectivity index (χ1n) is 5.10. The second kappa shape index (κ2) is 4.61. The van der Waals surface area contributed by atoms with E-state index in [0.717, 1.165) is 0 Å². The van der Waals surface area contributed by atoms with Gasteiger partial charge in [0.25, 0.3) is 0 Å². The summed E-state index contributed by atoms with van der Waals surface area (Å²) in [5, 5.41) is 15.0. The molecule has 0 atom stereocenters. The number of hydrogen-bond acceptors (Lipinski definition) is 3. The maximum Gasteiger partial charge on any atom is 0.0631 e. The van der Waals surface area contributed by atoms with Gasteiger partial charge in [0.2, 0.25) is 0 Å². The zero-order valence-corrected chi connectivity index (χ0v) is 8.58. The van der Waals surface area contributed by atoms with Crippen LogP contribution in [0.25, 0.3) is 0 Å². The van der Waals surface area contributed by atoms with Crippen molar-refractivity contribution in [2.75, 3.05) is 0 Å². The molecule has 0 amide bonds. The molecule has 0 saturated heterocycles. The second-order valence-electron chi connectivity index (χ2n) is 4.45. The summed E-state index contributed by atoms with van der Waals surface area (Å²) in [6.07, 6.45) is 8.08. The number of oxime groups is 1. The van der Waals surface area contributed by atoms with Crippen molar-refractivity contribution in [3.8, 4) is 0 Å². The van der Waals surface area contributed by atoms with Crippen LogP contribution in [0.5, 0.6) is 0 Å². The van der Waals surface area contributed by atoms with E-state index in [0.29, 0.717) is 6.04 Å². The predicted octanol–water partition coefficient (Wildman–Crippen LogP) is 2.15. The quantitative estimate of drug-likeness (QED) is 0.401. The third-order valence-corrected chi connectivity index (χ3v) is 2.56. The topological polar surface area (TPSA) is 44.6 Å². The molecule has 1 aliphatic rings. The summed E-state index contributed by atoms with van der Waals surface area (Å²) < 4.78 is 0. The van der Waals surface area contributed by atoms with E-state index < -0.39 is 0 Å². The molecule has 0 bridgehead atoms. The molecule has 0 aromatic carbocycles. The maximum atomic E-state index is 8.46. The second-order valence-corrected chi connectivity index (χ2v) is 4.45. The highest BCUT2D eigenvalue weighted by Crippen LogP contribution is 2.19. The van der Waals surface area contributed by atoms with Crippen molar-refractivity contribution >= 4 is 6.21 Å². The lowest BCUT2D eigenvalue weighted by Gasteiger charge is -2.30. The molecule has 76 valence electrons. The smallest absolute Gasteiger partial charge is 0.0631 e. The van der Waals surface area contributed by atoms with Gasteiger partial charge in [-0.25, -0.2) is 0 Å². The zero-order valence-electron chi connectivity index (χ0n) is 8.58. The Hall–Kier alpha value is -0.570. The Balaban J connectivity index is 2.36. The molecule has 0 unspecified atom stereocenters. The van der Waals surface area contributed by atoms with Gasteiger partial charge in [-0.2, -0.15) is 0 Å². The van der Waals surface area contributed by atoms with Gasteiger partial charge in [-0.05, 0) is 26.7 Å². The third-order valence-electron chi connectivity index (χ3n) is 2.56. The minimum Gasteiger partial charge on any atom is -0.411 e. The van der Waals surface area contributed by atoms with Crippen LogP contribution in [0.3, 0.4) is 0 Å². The van der Waals surface area contributed by atoms with Crippen molar-refractivity contribution in [3.05, 3.63) is 0 Å². The lowest BCUT2D eigenvalue weighted by atomic mass is 9.93. The first kappa shape index (κ1) is 10.5. The number of rotatable bonds is 3. The largest absolute Gasteiger partial charge is 0.411 e. The molecule has 0 radical (unpaired) electrons. The van der Waals surface area contributed by atoms with Crippen molar-refractivity contribution in [1.82, 2.24) is 5.32 Å². The predicted molar refractivity (Wildman–Crippen MR) is 54.4 cm³/mol. The van der Waals surface area contributed by atoms with Crippen molar-refractivity contribution in [3.63, 3.8) is 0 Å². The fourth-order valence-corrected chi connectivity index (χ4v) is 1.95. The van der Waals surface area contributed by atoms with Crippen molar-refractivity contribution in [2.24, 2.45) is 5.16 Å². The van der Waals surface area contributed by atoms with E-state index in [2.05, 4.69) is 10.5 Å². The molecule has 1 saturated carbocycles. The van der Waals surface area contributed by atoms with Crippen LogP contribution in [0.15, 0.2) is 5.16 Å². The van der Waals surface area contributed by atoms with Crippen LogP contribution < -0.4 is 5.32 Å². The molecular formula is C10H20N2O. The average molecular weight is 184 g/mol. The van der Waals surface area contributed by atoms with Crippen LogP contribution in [0.2, 0.25) is 0 Å². The zero-order chi connectivity index (χ0) is 9.73. The number of nitrogens with one attached hydrogen (secondary N) is 1. The molecule has 0 heterocycles. The molecule has 0 aliphatic heterocycles. The van der Waals surface area contributed by atoms with Crippen molar-refractivity contribution in [2.45, 2.75) is 57.5 Å². The van der Waals surface area contributed by atoms with Gasteiger partial charge < -0.3 is 10.5 Å². The number of nitrogens with zero attached hydrogens (tertiary/aromatic N) is 1. The summed E-state index contributed by atoms with van der Waals surface area (Å²) in [5.41, 5.74) is -0.184. The van der Waals surface area contributed by atoms with Crippen LogP contribution in [-0.4, -0.2) is 23.0 Å². The standard InChI is InChI=1S/C10H20N2O/c1-10(2,8-11-13)12-9-6-4-3-5-7-9/h8-9,12-13H,3-7H2,1-2H3/b11-8-. The fraction of sp³-hybridized carbons (Fsp3) is 0.900. The summed E-state index contributed by atoms with van der Waals surface area (Å²) in [6.45, 7) is 4.06. The Kier molecular flexibility index (Phi) is 3.72. The fourth-order valence-electron chi connectivity index (χ4n) is 1.95. The molecule has 1 aliphatic carbocycles. The first-order valence-corrected chi connectivity index (χ1v) is 5.10. The molecule has 1 fully saturated rings. The molecule has 0 spiro atoms. The van der Waals surface area contributed by atoms with Crippen LogP contribution >= 0.6 is 0 Å². The van der Waals surface area contributed by atoms with E-state index in [1.807, 2.05) is 13.8 Å². The Labute approximate surface area is 80.2 Å². The highest BCUT2D eigenvalue weighted by atomic mass is 16.4. The lowest BCUT2D eigenvalue weighted by molar-refractivity contribution is 0.301. The molecular weight excluding hydrogens is 164 g/mol. The van der Waals surface area contributed by atoms with Crippen LogP contribution in [0, 0.1) is 0 Å². The SMILES string of the molecule is CC(C)(/C=N\O)NC1CCCCC1. The van der Waals surface area contributed by atoms with Crippen LogP contribution in [-0.2, 0) is 0 Å². The normalized spacial score (nSPS) is 21.1. The minimum atomic E-state index is -0.184. The van der Waals surface area contributed by atoms with Crippen LogP contribution in [0.1, 0.15) is 46.0 Å². The third kappa shape index (κ3) is 3.77. The molecule has 2 N–H and O–H groups in total. The minimum absolute atomic E-state index is 0.184. The van der Waals surface area contributed by atoms with Gasteiger partial charge in [-0.1, -0.05) is 19.3 Å². The molecule has 3 heteroatoms. The average Bonchev–Trinajstić information content (AvgIpc) is 2.04. The van der Waals surface area contributed by atoms with E-state index in [9.17, 15) is 0 Å². The first-order chi connectivity index (χ1) is 6.14. The van der Waals surface area contributed by atoms with E-state index in [1.165, 1.54) is 32.1 Å². The highest BCUT2D eigenvalue weighted by molar-refractivity contribution is 5.68. The lowest BCUT2D eigenvalue weighted by Crippen LogP contribution is -2.47. The van der Waals surface area contributed by atoms with Crippen LogP contribution in [0.4, 0.5) is 0 Å². The molecule has 13 heavy (non-hydrogen) atoms. The Morgan fingerprint density at radius 2 is 1.92 bits per heavy atom. The summed E-state index contributed by atoms with van der Waals surface area (Å²) in [6, 6.07) is 0.599. The van der Waals surface area contributed by atoms with Gasteiger partial charge >= 0.3 is 0 Å². The summed E-state index contributed by atoms with van der Waals surface area (Å²) in [4.78, 5) is 0. The van der Waals surface area contributed by atoms with Gasteiger partial charge in [-0.3, -0.25) is 0 Å². The van der Waals surface area contributed by atoms with Gasteiger partial charge in [-0.15, -0.1) is 5.16 Å². The Morgan fingerprint density at radius 1 is 1.31 bits per heavy atom. The van der Waals surface area contributed by atoms with Gasteiger partial charge in [0.05, 0.1) is 11.8 Å². The summed E-state index contributed by atoms with van der Waals surface area (Å²) >= 11 is 0. The van der Waals surface area contributed by atoms with Gasteiger partial charge in [0.1, 0.15) is 0 Å². The number of hydrogen-bond donors (Lipinski definition) is 2. The van der Waals surface area contributed by atoms with E-state index in [4.69, 9.17) is 5.21 Å². The Bertz CT molecular complexity index is 172. The molecule has 1 rings (SSSR count). The molecule has 3 nitrogen and oxygen atoms in total. The maximum absolute atomic E-state index is 8.46. The van der Waals surface area contributed by atoms with Gasteiger partial charge in [0, 0.05) is 6.04 Å². The summed E-state index contributed by atoms with van der Waals surface area (Å²) in [7, 11) is 0. The molecule has 0 aromatic heterocycles. The van der Waals surface area contributed by atoms with Crippen molar-refractivity contribution < 1.29 is 5.21 Å². The van der Waals surface area contributed by atoms with Crippen molar-refractivity contribution in [1.29, 1.82) is 0 Å². The van der Waals surface area contributed by atoms with E-state index >= 15 is 0 Å². The summed E-state index contributed by atoms with van der Waals surface area (Å²) in [5.74, 6) is 0. The van der Waals surface area contributed by atoms with E-state index in [-0.39, 0.29) is 5.54 Å². The monoisotopic (exact) mass is 184 g/mol. The molecule has 0 aromatic rings. The Morgan fingerprint density at radius 3 is 2.46 bits per heavy atom.